The Balaban J connectivity index is 2.30. The topological polar surface area (TPSA) is 39.2 Å². The number of ether oxygens (including phenoxy) is 1. The molecule has 0 saturated carbocycles. The number of nitrogens with zero attached hydrogens (tertiary/aromatic N) is 1. The van der Waals surface area contributed by atoms with Crippen molar-refractivity contribution < 1.29 is 13.9 Å². The number of halogens is 2. The fraction of sp³-hybridized carbons (Fsp3) is 0.0588. The van der Waals surface area contributed by atoms with E-state index < -0.39 is 6.86 Å². The van der Waals surface area contributed by atoms with Gasteiger partial charge in [0, 0.05) is 16.5 Å². The van der Waals surface area contributed by atoms with Crippen LogP contribution in [-0.2, 0) is 0 Å². The van der Waals surface area contributed by atoms with E-state index in [4.69, 9.17) is 16.3 Å². The summed E-state index contributed by atoms with van der Waals surface area (Å²) in [6.07, 6.45) is 0.717. The van der Waals surface area contributed by atoms with Crippen molar-refractivity contribution in [3.63, 3.8) is 0 Å². The number of carbonyl (C=O) groups excluding carboxylic acids is 1. The molecule has 2 aromatic carbocycles. The van der Waals surface area contributed by atoms with E-state index in [2.05, 4.69) is 4.98 Å². The molecular weight excluding hydrogens is 305 g/mol. The molecule has 0 amide bonds. The van der Waals surface area contributed by atoms with E-state index in [1.165, 1.54) is 0 Å². The standard InChI is InChI=1S/C17H11ClFNO2/c18-14-6-3-4-11-8-12(9-21)16(20-17(11)14)13-5-1-2-7-15(13)22-10-19/h1-9H,10H2. The summed E-state index contributed by atoms with van der Waals surface area (Å²) >= 11 is 6.17. The first-order chi connectivity index (χ1) is 10.7. The zero-order chi connectivity index (χ0) is 15.5. The maximum Gasteiger partial charge on any atom is 0.228 e. The second-order valence-electron chi connectivity index (χ2n) is 4.61. The number of alkyl halides is 1. The fourth-order valence-electron chi connectivity index (χ4n) is 2.33. The lowest BCUT2D eigenvalue weighted by atomic mass is 10.0. The highest BCUT2D eigenvalue weighted by atomic mass is 35.5. The summed E-state index contributed by atoms with van der Waals surface area (Å²) in [5.74, 6) is 0.326. The van der Waals surface area contributed by atoms with Crippen molar-refractivity contribution in [3.05, 3.63) is 59.1 Å². The molecular formula is C17H11ClFNO2. The van der Waals surface area contributed by atoms with Gasteiger partial charge in [0.1, 0.15) is 5.75 Å². The van der Waals surface area contributed by atoms with Crippen LogP contribution < -0.4 is 4.74 Å². The van der Waals surface area contributed by atoms with Gasteiger partial charge in [-0.15, -0.1) is 0 Å². The predicted octanol–water partition coefficient (Wildman–Crippen LogP) is 4.67. The molecule has 0 bridgehead atoms. The molecule has 3 nitrogen and oxygen atoms in total. The van der Waals surface area contributed by atoms with Crippen LogP contribution in [0.3, 0.4) is 0 Å². The number of para-hydroxylation sites is 2. The molecule has 0 saturated heterocycles. The highest BCUT2D eigenvalue weighted by Crippen LogP contribution is 2.33. The van der Waals surface area contributed by atoms with Crippen LogP contribution in [-0.4, -0.2) is 18.1 Å². The number of aromatic nitrogens is 1. The molecule has 0 atom stereocenters. The van der Waals surface area contributed by atoms with E-state index in [0.29, 0.717) is 33.1 Å². The molecule has 110 valence electrons. The smallest absolute Gasteiger partial charge is 0.228 e. The number of hydrogen-bond donors (Lipinski definition) is 0. The van der Waals surface area contributed by atoms with Crippen LogP contribution in [0, 0.1) is 0 Å². The normalized spacial score (nSPS) is 10.6. The molecule has 22 heavy (non-hydrogen) atoms. The molecule has 0 spiro atoms. The second-order valence-corrected chi connectivity index (χ2v) is 5.01. The van der Waals surface area contributed by atoms with Gasteiger partial charge in [-0.25, -0.2) is 9.37 Å². The van der Waals surface area contributed by atoms with Crippen molar-refractivity contribution in [1.29, 1.82) is 0 Å². The Labute approximate surface area is 131 Å². The molecule has 1 heterocycles. The molecule has 0 unspecified atom stereocenters. The minimum absolute atomic E-state index is 0.326. The van der Waals surface area contributed by atoms with Gasteiger partial charge >= 0.3 is 0 Å². The lowest BCUT2D eigenvalue weighted by Gasteiger charge is -2.11. The van der Waals surface area contributed by atoms with Gasteiger partial charge in [-0.2, -0.15) is 0 Å². The highest BCUT2D eigenvalue weighted by molar-refractivity contribution is 6.35. The fourth-order valence-corrected chi connectivity index (χ4v) is 2.56. The van der Waals surface area contributed by atoms with Gasteiger partial charge in [-0.05, 0) is 24.3 Å². The summed E-state index contributed by atoms with van der Waals surface area (Å²) in [5.41, 5.74) is 1.94. The number of carbonyl (C=O) groups is 1. The zero-order valence-corrected chi connectivity index (χ0v) is 12.2. The summed E-state index contributed by atoms with van der Waals surface area (Å²) in [6.45, 7) is -0.957. The van der Waals surface area contributed by atoms with Crippen LogP contribution >= 0.6 is 11.6 Å². The van der Waals surface area contributed by atoms with E-state index in [1.54, 1.807) is 42.5 Å². The van der Waals surface area contributed by atoms with Crippen molar-refractivity contribution in [2.45, 2.75) is 0 Å². The quantitative estimate of drug-likeness (QED) is 0.657. The van der Waals surface area contributed by atoms with Crippen molar-refractivity contribution >= 4 is 28.8 Å². The average Bonchev–Trinajstić information content (AvgIpc) is 2.55. The summed E-state index contributed by atoms with van der Waals surface area (Å²) in [5, 5.41) is 1.25. The molecule has 3 aromatic rings. The van der Waals surface area contributed by atoms with Gasteiger partial charge in [0.25, 0.3) is 0 Å². The van der Waals surface area contributed by atoms with Crippen molar-refractivity contribution in [2.75, 3.05) is 6.86 Å². The number of pyridine rings is 1. The third-order valence-corrected chi connectivity index (χ3v) is 3.61. The van der Waals surface area contributed by atoms with E-state index in [0.717, 1.165) is 11.7 Å². The number of aldehydes is 1. The number of benzene rings is 2. The highest BCUT2D eigenvalue weighted by Gasteiger charge is 2.14. The Morgan fingerprint density at radius 1 is 1.18 bits per heavy atom. The first-order valence-corrected chi connectivity index (χ1v) is 6.95. The minimum atomic E-state index is -0.957. The molecule has 3 rings (SSSR count). The Morgan fingerprint density at radius 2 is 2.00 bits per heavy atom. The summed E-state index contributed by atoms with van der Waals surface area (Å²) in [7, 11) is 0. The SMILES string of the molecule is O=Cc1cc2cccc(Cl)c2nc1-c1ccccc1OCF. The number of rotatable bonds is 4. The first kappa shape index (κ1) is 14.5. The lowest BCUT2D eigenvalue weighted by molar-refractivity contribution is 0.112. The van der Waals surface area contributed by atoms with Gasteiger partial charge in [-0.1, -0.05) is 35.9 Å². The van der Waals surface area contributed by atoms with Crippen LogP contribution in [0.4, 0.5) is 4.39 Å². The summed E-state index contributed by atoms with van der Waals surface area (Å²) < 4.78 is 17.5. The third-order valence-electron chi connectivity index (χ3n) is 3.31. The largest absolute Gasteiger partial charge is 0.462 e. The predicted molar refractivity (Wildman–Crippen MR) is 84.2 cm³/mol. The molecule has 1 aromatic heterocycles. The third kappa shape index (κ3) is 2.53. The van der Waals surface area contributed by atoms with Crippen LogP contribution in [0.1, 0.15) is 10.4 Å². The first-order valence-electron chi connectivity index (χ1n) is 6.57. The van der Waals surface area contributed by atoms with Gasteiger partial charge in [0.2, 0.25) is 6.86 Å². The lowest BCUT2D eigenvalue weighted by Crippen LogP contribution is -1.98. The van der Waals surface area contributed by atoms with E-state index in [-0.39, 0.29) is 0 Å². The minimum Gasteiger partial charge on any atom is -0.462 e. The van der Waals surface area contributed by atoms with Crippen LogP contribution in [0.5, 0.6) is 5.75 Å². The van der Waals surface area contributed by atoms with Crippen molar-refractivity contribution in [1.82, 2.24) is 4.98 Å². The monoisotopic (exact) mass is 315 g/mol. The van der Waals surface area contributed by atoms with Gasteiger partial charge < -0.3 is 4.74 Å². The van der Waals surface area contributed by atoms with Crippen LogP contribution in [0.15, 0.2) is 48.5 Å². The molecule has 0 aliphatic rings. The van der Waals surface area contributed by atoms with Crippen LogP contribution in [0.2, 0.25) is 5.02 Å². The molecule has 0 fully saturated rings. The Bertz CT molecular complexity index is 851. The molecule has 5 heteroatoms. The zero-order valence-electron chi connectivity index (χ0n) is 11.4. The molecule has 0 aliphatic carbocycles. The van der Waals surface area contributed by atoms with Gasteiger partial charge in [-0.3, -0.25) is 4.79 Å². The maximum absolute atomic E-state index is 12.5. The average molecular weight is 316 g/mol. The molecule has 0 radical (unpaired) electrons. The Hall–Kier alpha value is -2.46. The number of fused-ring (bicyclic) bond motifs is 1. The maximum atomic E-state index is 12.5. The van der Waals surface area contributed by atoms with Crippen LogP contribution in [0.25, 0.3) is 22.2 Å². The molecule has 0 N–H and O–H groups in total. The van der Waals surface area contributed by atoms with Gasteiger partial charge in [0.15, 0.2) is 6.29 Å². The number of hydrogen-bond acceptors (Lipinski definition) is 3. The Morgan fingerprint density at radius 3 is 2.77 bits per heavy atom. The Kier molecular flexibility index (Phi) is 4.02. The van der Waals surface area contributed by atoms with E-state index in [9.17, 15) is 9.18 Å². The molecule has 0 aliphatic heterocycles. The van der Waals surface area contributed by atoms with E-state index >= 15 is 0 Å². The van der Waals surface area contributed by atoms with E-state index in [1.807, 2.05) is 6.07 Å². The van der Waals surface area contributed by atoms with Crippen molar-refractivity contribution in [3.8, 4) is 17.0 Å². The second kappa shape index (κ2) is 6.12. The van der Waals surface area contributed by atoms with Crippen molar-refractivity contribution in [2.24, 2.45) is 0 Å². The summed E-state index contributed by atoms with van der Waals surface area (Å²) in [6, 6.07) is 13.9. The van der Waals surface area contributed by atoms with Gasteiger partial charge in [0.05, 0.1) is 16.2 Å². The summed E-state index contributed by atoms with van der Waals surface area (Å²) in [4.78, 5) is 15.9.